The number of carbonyl (C=O) groups excluding carboxylic acids is 1. The van der Waals surface area contributed by atoms with E-state index in [2.05, 4.69) is 30.9 Å². The Morgan fingerprint density at radius 1 is 1.25 bits per heavy atom. The number of rotatable bonds is 12. The van der Waals surface area contributed by atoms with Crippen molar-refractivity contribution in [1.29, 1.82) is 0 Å². The smallest absolute Gasteiger partial charge is 0.356 e. The quantitative estimate of drug-likeness (QED) is 0.238. The molecule has 1 fully saturated rings. The maximum Gasteiger partial charge on any atom is 0.356 e. The van der Waals surface area contributed by atoms with E-state index in [4.69, 9.17) is 19.5 Å². The number of aromatic nitrogens is 4. The molecule has 2 aromatic heterocycles. The van der Waals surface area contributed by atoms with Crippen molar-refractivity contribution in [2.24, 2.45) is 5.92 Å². The molecule has 1 saturated carbocycles. The lowest BCUT2D eigenvalue weighted by molar-refractivity contribution is -0.126. The van der Waals surface area contributed by atoms with Gasteiger partial charge in [0.05, 0.1) is 19.5 Å². The highest BCUT2D eigenvalue weighted by Gasteiger charge is 2.29. The van der Waals surface area contributed by atoms with Crippen molar-refractivity contribution >= 4 is 46.4 Å². The fourth-order valence-electron chi connectivity index (χ4n) is 4.09. The van der Waals surface area contributed by atoms with Crippen molar-refractivity contribution in [3.8, 4) is 0 Å². The lowest BCUT2D eigenvalue weighted by Crippen LogP contribution is -2.22. The first kappa shape index (κ1) is 26.7. The molecule has 2 heterocycles. The van der Waals surface area contributed by atoms with Crippen LogP contribution in [0.2, 0.25) is 0 Å². The number of hydrogen-bond donors (Lipinski definition) is 2. The summed E-state index contributed by atoms with van der Waals surface area (Å²) >= 11 is 3.41. The van der Waals surface area contributed by atoms with Gasteiger partial charge in [0.1, 0.15) is 13.0 Å². The number of nitrogens with two attached hydrogens (primary N) is 1. The van der Waals surface area contributed by atoms with Gasteiger partial charge in [0.2, 0.25) is 5.95 Å². The average Bonchev–Trinajstić information content (AvgIpc) is 3.28. The third-order valence-electron chi connectivity index (χ3n) is 6.00. The fraction of sp³-hybridized carbons (Fsp3) is 0.478. The largest absolute Gasteiger partial charge is 0.369 e. The normalized spacial score (nSPS) is 16.2. The molecule has 194 valence electrons. The molecule has 1 atom stereocenters. The lowest BCUT2D eigenvalue weighted by atomic mass is 9.86. The van der Waals surface area contributed by atoms with Gasteiger partial charge in [-0.05, 0) is 30.5 Å². The number of fused-ring (bicyclic) bond motifs is 1. The highest BCUT2D eigenvalue weighted by atomic mass is 79.9. The number of carbonyl (C=O) groups is 1. The minimum Gasteiger partial charge on any atom is -0.369 e. The van der Waals surface area contributed by atoms with Crippen LogP contribution in [-0.4, -0.2) is 44.9 Å². The van der Waals surface area contributed by atoms with Gasteiger partial charge in [-0.2, -0.15) is 4.98 Å². The number of H-pyrrole nitrogens is 1. The molecule has 13 heteroatoms. The van der Waals surface area contributed by atoms with Gasteiger partial charge in [-0.15, -0.1) is 0 Å². The molecule has 1 aromatic carbocycles. The van der Waals surface area contributed by atoms with Crippen LogP contribution in [0, 0.1) is 5.92 Å². The van der Waals surface area contributed by atoms with Crippen molar-refractivity contribution in [1.82, 2.24) is 19.5 Å². The number of nitrogens with one attached hydrogen (secondary N) is 1. The molecule has 1 unspecified atom stereocenters. The molecule has 0 amide bonds. The van der Waals surface area contributed by atoms with Crippen LogP contribution in [0.5, 0.6) is 0 Å². The predicted octanol–water partition coefficient (Wildman–Crippen LogP) is 4.01. The first-order chi connectivity index (χ1) is 17.3. The van der Waals surface area contributed by atoms with Crippen molar-refractivity contribution in [2.75, 3.05) is 25.3 Å². The van der Waals surface area contributed by atoms with E-state index in [9.17, 15) is 14.2 Å². The summed E-state index contributed by atoms with van der Waals surface area (Å²) in [5, 5.41) is 0. The Kier molecular flexibility index (Phi) is 9.08. The molecule has 4 rings (SSSR count). The molecule has 0 saturated heterocycles. The van der Waals surface area contributed by atoms with Gasteiger partial charge in [0.25, 0.3) is 5.56 Å². The van der Waals surface area contributed by atoms with Crippen molar-refractivity contribution < 1.29 is 23.1 Å². The molecular formula is C23H29BrN5O6P. The Hall–Kier alpha value is -2.37. The molecule has 3 N–H and O–H groups in total. The van der Waals surface area contributed by atoms with Gasteiger partial charge in [0.15, 0.2) is 16.9 Å². The lowest BCUT2D eigenvalue weighted by Gasteiger charge is -2.22. The number of halogens is 1. The molecule has 0 radical (unpaired) electrons. The maximum atomic E-state index is 13.5. The Bertz CT molecular complexity index is 1310. The number of anilines is 1. The first-order valence-electron chi connectivity index (χ1n) is 11.8. The topological polar surface area (TPSA) is 151 Å². The fourth-order valence-corrected chi connectivity index (χ4v) is 5.78. The maximum absolute atomic E-state index is 13.5. The summed E-state index contributed by atoms with van der Waals surface area (Å²) in [5.74, 6) is -0.132. The second-order valence-electron chi connectivity index (χ2n) is 8.69. The van der Waals surface area contributed by atoms with Gasteiger partial charge >= 0.3 is 7.60 Å². The van der Waals surface area contributed by atoms with Crippen LogP contribution in [0.4, 0.5) is 5.95 Å². The molecule has 1 aliphatic rings. The van der Waals surface area contributed by atoms with Crippen LogP contribution in [0.1, 0.15) is 37.7 Å². The highest BCUT2D eigenvalue weighted by Crippen LogP contribution is 2.49. The van der Waals surface area contributed by atoms with Gasteiger partial charge < -0.3 is 19.6 Å². The number of nitrogens with zero attached hydrogens (tertiary/aromatic N) is 3. The standard InChI is InChI=1S/C23H29BrN5O6P/c24-18-8-4-5-16(11-18)12-34-36(32,35-13-19(30)17-6-2-1-3-7-17)15-33-10-9-29-14-26-20-21(29)27-23(25)28-22(20)31/h4-5,8,11,14,17H,1-3,6-7,9-10,12-13,15H2,(H3,25,27,28,31). The molecule has 0 bridgehead atoms. The van der Waals surface area contributed by atoms with Crippen molar-refractivity contribution in [2.45, 2.75) is 45.3 Å². The van der Waals surface area contributed by atoms with E-state index < -0.39 is 13.2 Å². The number of hydrogen-bond acceptors (Lipinski definition) is 9. The van der Waals surface area contributed by atoms with Crippen molar-refractivity contribution in [3.63, 3.8) is 0 Å². The second kappa shape index (κ2) is 12.2. The molecule has 3 aromatic rings. The number of Topliss-reactive ketones (excluding diaryl/α,β-unsaturated/α-hetero) is 1. The first-order valence-corrected chi connectivity index (χ1v) is 14.3. The Morgan fingerprint density at radius 3 is 2.83 bits per heavy atom. The average molecular weight is 582 g/mol. The molecule has 0 spiro atoms. The molecule has 1 aliphatic carbocycles. The van der Waals surface area contributed by atoms with Gasteiger partial charge in [-0.3, -0.25) is 23.7 Å². The van der Waals surface area contributed by atoms with E-state index >= 15 is 0 Å². The Morgan fingerprint density at radius 2 is 2.06 bits per heavy atom. The van der Waals surface area contributed by atoms with Crippen LogP contribution in [0.3, 0.4) is 0 Å². The van der Waals surface area contributed by atoms with Crippen LogP contribution >= 0.6 is 23.5 Å². The third kappa shape index (κ3) is 7.10. The Balaban J connectivity index is 1.37. The van der Waals surface area contributed by atoms with Crippen LogP contribution in [-0.2, 0) is 36.3 Å². The van der Waals surface area contributed by atoms with Crippen molar-refractivity contribution in [3.05, 3.63) is 51.0 Å². The van der Waals surface area contributed by atoms with Gasteiger partial charge in [0, 0.05) is 16.9 Å². The number of imidazole rings is 1. The summed E-state index contributed by atoms with van der Waals surface area (Å²) in [4.78, 5) is 35.1. The summed E-state index contributed by atoms with van der Waals surface area (Å²) in [6.45, 7) is 0.154. The van der Waals surface area contributed by atoms with Gasteiger partial charge in [-0.1, -0.05) is 47.3 Å². The zero-order valence-corrected chi connectivity index (χ0v) is 22.2. The van der Waals surface area contributed by atoms with Gasteiger partial charge in [-0.25, -0.2) is 4.98 Å². The minimum atomic E-state index is -3.75. The zero-order valence-electron chi connectivity index (χ0n) is 19.7. The number of aromatic amines is 1. The molecular weight excluding hydrogens is 553 g/mol. The second-order valence-corrected chi connectivity index (χ2v) is 11.6. The van der Waals surface area contributed by atoms with E-state index in [0.29, 0.717) is 5.65 Å². The number of benzene rings is 1. The van der Waals surface area contributed by atoms with E-state index in [1.165, 1.54) is 6.33 Å². The van der Waals surface area contributed by atoms with Crippen LogP contribution < -0.4 is 11.3 Å². The predicted molar refractivity (Wildman–Crippen MR) is 137 cm³/mol. The summed E-state index contributed by atoms with van der Waals surface area (Å²) in [6, 6.07) is 7.41. The minimum absolute atomic E-state index is 0.0170. The number of ether oxygens (including phenoxy) is 1. The SMILES string of the molecule is Nc1nc2c(ncn2CCOCP(=O)(OCC(=O)C2CCCCC2)OCc2cccc(Br)c2)c(=O)[nH]1. The Labute approximate surface area is 216 Å². The summed E-state index contributed by atoms with van der Waals surface area (Å²) in [5.41, 5.74) is 6.48. The van der Waals surface area contributed by atoms with E-state index in [-0.39, 0.29) is 55.9 Å². The number of nitrogen functional groups attached to an aromatic ring is 1. The molecule has 11 nitrogen and oxygen atoms in total. The van der Waals surface area contributed by atoms with Crippen LogP contribution in [0.15, 0.2) is 39.9 Å². The summed E-state index contributed by atoms with van der Waals surface area (Å²) in [7, 11) is -3.75. The van der Waals surface area contributed by atoms with E-state index in [1.807, 2.05) is 24.3 Å². The zero-order chi connectivity index (χ0) is 25.5. The monoisotopic (exact) mass is 581 g/mol. The molecule has 0 aliphatic heterocycles. The summed E-state index contributed by atoms with van der Waals surface area (Å²) < 4.78 is 32.9. The van der Waals surface area contributed by atoms with E-state index in [0.717, 1.165) is 42.1 Å². The highest BCUT2D eigenvalue weighted by molar-refractivity contribution is 9.10. The van der Waals surface area contributed by atoms with Crippen LogP contribution in [0.25, 0.3) is 11.2 Å². The molecule has 36 heavy (non-hydrogen) atoms. The summed E-state index contributed by atoms with van der Waals surface area (Å²) in [6.07, 6.45) is 5.97. The van der Waals surface area contributed by atoms with E-state index in [1.54, 1.807) is 4.57 Å². The third-order valence-corrected chi connectivity index (χ3v) is 8.04. The number of ketones is 1.